The molecule has 4 nitrogen and oxygen atoms in total. The lowest BCUT2D eigenvalue weighted by Gasteiger charge is -2.21. The monoisotopic (exact) mass is 295 g/mol. The van der Waals surface area contributed by atoms with Crippen LogP contribution in [0.25, 0.3) is 0 Å². The summed E-state index contributed by atoms with van der Waals surface area (Å²) in [6.45, 7) is 5.60. The molecule has 1 aromatic rings. The van der Waals surface area contributed by atoms with Gasteiger partial charge < -0.3 is 10.0 Å². The highest BCUT2D eigenvalue weighted by atomic mass is 32.2. The van der Waals surface area contributed by atoms with E-state index in [4.69, 9.17) is 5.11 Å². The quantitative estimate of drug-likeness (QED) is 0.749. The van der Waals surface area contributed by atoms with Gasteiger partial charge in [-0.1, -0.05) is 26.0 Å². The third kappa shape index (κ3) is 4.89. The first kappa shape index (κ1) is 16.6. The maximum absolute atomic E-state index is 12.1. The largest absolute Gasteiger partial charge is 0.478 e. The molecule has 0 fully saturated rings. The van der Waals surface area contributed by atoms with Crippen molar-refractivity contribution in [2.45, 2.75) is 31.6 Å². The van der Waals surface area contributed by atoms with Crippen LogP contribution in [0, 0.1) is 0 Å². The van der Waals surface area contributed by atoms with E-state index in [1.165, 1.54) is 11.8 Å². The number of hydrogen-bond acceptors (Lipinski definition) is 3. The molecule has 0 heterocycles. The molecule has 1 aromatic carbocycles. The topological polar surface area (TPSA) is 57.6 Å². The van der Waals surface area contributed by atoms with Crippen LogP contribution in [0.3, 0.4) is 0 Å². The molecule has 0 aliphatic carbocycles. The molecule has 0 aromatic heterocycles. The van der Waals surface area contributed by atoms with Crippen LogP contribution < -0.4 is 0 Å². The van der Waals surface area contributed by atoms with Crippen molar-refractivity contribution in [3.8, 4) is 0 Å². The molecule has 1 amide bonds. The van der Waals surface area contributed by atoms with Crippen molar-refractivity contribution in [2.75, 3.05) is 18.8 Å². The van der Waals surface area contributed by atoms with Gasteiger partial charge in [-0.05, 0) is 25.0 Å². The summed E-state index contributed by atoms with van der Waals surface area (Å²) in [5, 5.41) is 9.10. The lowest BCUT2D eigenvalue weighted by molar-refractivity contribution is -0.128. The average Bonchev–Trinajstić information content (AvgIpc) is 2.44. The van der Waals surface area contributed by atoms with Crippen molar-refractivity contribution >= 4 is 23.6 Å². The molecule has 0 radical (unpaired) electrons. The summed E-state index contributed by atoms with van der Waals surface area (Å²) < 4.78 is 0. The van der Waals surface area contributed by atoms with E-state index in [0.717, 1.165) is 25.9 Å². The first-order chi connectivity index (χ1) is 9.60. The first-order valence-corrected chi connectivity index (χ1v) is 7.81. The Labute approximate surface area is 124 Å². The maximum atomic E-state index is 12.1. The van der Waals surface area contributed by atoms with Crippen LogP contribution in [-0.2, 0) is 4.79 Å². The van der Waals surface area contributed by atoms with Crippen LogP contribution in [-0.4, -0.2) is 40.7 Å². The van der Waals surface area contributed by atoms with Gasteiger partial charge >= 0.3 is 5.97 Å². The van der Waals surface area contributed by atoms with E-state index in [2.05, 4.69) is 0 Å². The van der Waals surface area contributed by atoms with Crippen molar-refractivity contribution in [2.24, 2.45) is 0 Å². The van der Waals surface area contributed by atoms with Crippen LogP contribution in [0.15, 0.2) is 29.2 Å². The number of carbonyl (C=O) groups excluding carboxylic acids is 1. The van der Waals surface area contributed by atoms with Gasteiger partial charge in [0.25, 0.3) is 0 Å². The minimum Gasteiger partial charge on any atom is -0.478 e. The third-order valence-electron chi connectivity index (χ3n) is 2.81. The van der Waals surface area contributed by atoms with Gasteiger partial charge in [0.1, 0.15) is 0 Å². The summed E-state index contributed by atoms with van der Waals surface area (Å²) in [4.78, 5) is 25.7. The Hall–Kier alpha value is -1.49. The normalized spacial score (nSPS) is 10.3. The van der Waals surface area contributed by atoms with Gasteiger partial charge in [0.15, 0.2) is 0 Å². The van der Waals surface area contributed by atoms with E-state index in [0.29, 0.717) is 4.90 Å². The van der Waals surface area contributed by atoms with Crippen LogP contribution in [0.2, 0.25) is 0 Å². The zero-order valence-electron chi connectivity index (χ0n) is 12.0. The van der Waals surface area contributed by atoms with E-state index < -0.39 is 5.97 Å². The summed E-state index contributed by atoms with van der Waals surface area (Å²) in [5.41, 5.74) is 0.253. The fraction of sp³-hybridized carbons (Fsp3) is 0.467. The molecule has 110 valence electrons. The number of rotatable bonds is 8. The van der Waals surface area contributed by atoms with Gasteiger partial charge in [0.2, 0.25) is 5.91 Å². The first-order valence-electron chi connectivity index (χ1n) is 6.83. The minimum absolute atomic E-state index is 0.0684. The van der Waals surface area contributed by atoms with Crippen LogP contribution >= 0.6 is 11.8 Å². The van der Waals surface area contributed by atoms with Crippen LogP contribution in [0.1, 0.15) is 37.0 Å². The lowest BCUT2D eigenvalue weighted by atomic mass is 10.2. The molecule has 0 saturated heterocycles. The van der Waals surface area contributed by atoms with E-state index >= 15 is 0 Å². The lowest BCUT2D eigenvalue weighted by Crippen LogP contribution is -2.33. The molecule has 5 heteroatoms. The van der Waals surface area contributed by atoms with E-state index in [1.807, 2.05) is 18.7 Å². The SMILES string of the molecule is CCCN(CCC)C(=O)CSc1ccccc1C(=O)O. The van der Waals surface area contributed by atoms with Crippen molar-refractivity contribution in [1.82, 2.24) is 4.90 Å². The Morgan fingerprint density at radius 2 is 1.75 bits per heavy atom. The Bertz CT molecular complexity index is 456. The van der Waals surface area contributed by atoms with Gasteiger partial charge in [0, 0.05) is 18.0 Å². The highest BCUT2D eigenvalue weighted by Gasteiger charge is 2.15. The Morgan fingerprint density at radius 3 is 2.30 bits per heavy atom. The zero-order valence-corrected chi connectivity index (χ0v) is 12.8. The molecule has 0 spiro atoms. The number of hydrogen-bond donors (Lipinski definition) is 1. The number of amides is 1. The molecule has 1 rings (SSSR count). The van der Waals surface area contributed by atoms with E-state index in [1.54, 1.807) is 24.3 Å². The van der Waals surface area contributed by atoms with Gasteiger partial charge in [-0.2, -0.15) is 0 Å². The van der Waals surface area contributed by atoms with E-state index in [9.17, 15) is 9.59 Å². The maximum Gasteiger partial charge on any atom is 0.336 e. The molecule has 0 saturated carbocycles. The average molecular weight is 295 g/mol. The van der Waals surface area contributed by atoms with Gasteiger partial charge in [-0.3, -0.25) is 4.79 Å². The van der Waals surface area contributed by atoms with Gasteiger partial charge in [-0.25, -0.2) is 4.79 Å². The van der Waals surface area contributed by atoms with E-state index in [-0.39, 0.29) is 17.2 Å². The third-order valence-corrected chi connectivity index (χ3v) is 3.87. The predicted octanol–water partition coefficient (Wildman–Crippen LogP) is 3.13. The molecule has 0 bridgehead atoms. The van der Waals surface area contributed by atoms with Crippen molar-refractivity contribution in [3.05, 3.63) is 29.8 Å². The highest BCUT2D eigenvalue weighted by Crippen LogP contribution is 2.23. The van der Waals surface area contributed by atoms with Crippen molar-refractivity contribution < 1.29 is 14.7 Å². The summed E-state index contributed by atoms with van der Waals surface area (Å²) in [6, 6.07) is 6.78. The molecule has 1 N–H and O–H groups in total. The predicted molar refractivity (Wildman–Crippen MR) is 81.3 cm³/mol. The molecule has 20 heavy (non-hydrogen) atoms. The standard InChI is InChI=1S/C15H21NO3S/c1-3-9-16(10-4-2)14(17)11-20-13-8-6-5-7-12(13)15(18)19/h5-8H,3-4,9-11H2,1-2H3,(H,18,19). The Kier molecular flexibility index (Phi) is 7.15. The fourth-order valence-corrected chi connectivity index (χ4v) is 2.85. The van der Waals surface area contributed by atoms with Gasteiger partial charge in [0.05, 0.1) is 11.3 Å². The smallest absolute Gasteiger partial charge is 0.336 e. The Morgan fingerprint density at radius 1 is 1.15 bits per heavy atom. The number of aromatic carboxylic acids is 1. The number of carbonyl (C=O) groups is 2. The second-order valence-corrected chi connectivity index (χ2v) is 5.49. The molecular formula is C15H21NO3S. The van der Waals surface area contributed by atoms with Crippen molar-refractivity contribution in [1.29, 1.82) is 0 Å². The van der Waals surface area contributed by atoms with Crippen LogP contribution in [0.4, 0.5) is 0 Å². The summed E-state index contributed by atoms with van der Waals surface area (Å²) in [6.07, 6.45) is 1.87. The fourth-order valence-electron chi connectivity index (χ4n) is 1.90. The molecule has 0 aliphatic heterocycles. The molecular weight excluding hydrogens is 274 g/mol. The van der Waals surface area contributed by atoms with Crippen LogP contribution in [0.5, 0.6) is 0 Å². The summed E-state index contributed by atoms with van der Waals surface area (Å²) >= 11 is 1.29. The molecule has 0 atom stereocenters. The second-order valence-electron chi connectivity index (χ2n) is 4.47. The number of carboxylic acid groups (broad SMARTS) is 1. The Balaban J connectivity index is 2.66. The molecule has 0 unspecified atom stereocenters. The number of carboxylic acids is 1. The summed E-state index contributed by atoms with van der Waals surface area (Å²) in [5.74, 6) is -0.608. The second kappa shape index (κ2) is 8.64. The summed E-state index contributed by atoms with van der Waals surface area (Å²) in [7, 11) is 0. The number of benzene rings is 1. The molecule has 0 aliphatic rings. The zero-order chi connectivity index (χ0) is 15.0. The van der Waals surface area contributed by atoms with Gasteiger partial charge in [-0.15, -0.1) is 11.8 Å². The van der Waals surface area contributed by atoms with Crippen molar-refractivity contribution in [3.63, 3.8) is 0 Å². The number of thioether (sulfide) groups is 1. The highest BCUT2D eigenvalue weighted by molar-refractivity contribution is 8.00. The number of nitrogens with zero attached hydrogens (tertiary/aromatic N) is 1. The minimum atomic E-state index is -0.959.